The number of aromatic carboxylic acids is 1. The minimum absolute atomic E-state index is 0.262. The molecule has 0 spiro atoms. The first-order valence-corrected chi connectivity index (χ1v) is 7.71. The second-order valence-electron chi connectivity index (χ2n) is 5.44. The van der Waals surface area contributed by atoms with Gasteiger partial charge in [0.05, 0.1) is 16.3 Å². The van der Waals surface area contributed by atoms with Crippen LogP contribution in [0.1, 0.15) is 10.4 Å². The Bertz CT molecular complexity index is 1040. The van der Waals surface area contributed by atoms with E-state index < -0.39 is 5.97 Å². The highest BCUT2D eigenvalue weighted by Crippen LogP contribution is 2.32. The number of carboxylic acids is 1. The predicted molar refractivity (Wildman–Crippen MR) is 93.4 cm³/mol. The molecule has 4 aromatic rings. The van der Waals surface area contributed by atoms with Gasteiger partial charge in [0.15, 0.2) is 11.3 Å². The first kappa shape index (κ1) is 14.6. The maximum Gasteiger partial charge on any atom is 0.335 e. The zero-order valence-corrected chi connectivity index (χ0v) is 13.2. The standard InChI is InChI=1S/C19H12ClNO3/c20-14-3-1-2-13-10-17(24-18(13)14)16-9-8-15(21-16)11-4-6-12(7-5-11)19(22)23/h1-10,21H,(H,22,23). The summed E-state index contributed by atoms with van der Waals surface area (Å²) in [6, 6.07) is 18.1. The minimum atomic E-state index is -0.937. The molecule has 0 saturated carbocycles. The number of benzene rings is 2. The van der Waals surface area contributed by atoms with Crippen LogP contribution in [0.5, 0.6) is 0 Å². The molecule has 0 aliphatic carbocycles. The Morgan fingerprint density at radius 1 is 1.00 bits per heavy atom. The number of hydrogen-bond acceptors (Lipinski definition) is 2. The van der Waals surface area contributed by atoms with Crippen LogP contribution in [0.3, 0.4) is 0 Å². The van der Waals surface area contributed by atoms with Gasteiger partial charge in [-0.3, -0.25) is 0 Å². The van der Waals surface area contributed by atoms with E-state index in [0.29, 0.717) is 16.4 Å². The van der Waals surface area contributed by atoms with Gasteiger partial charge in [-0.1, -0.05) is 35.9 Å². The average molecular weight is 338 g/mol. The molecule has 0 aliphatic heterocycles. The number of carboxylic acid groups (broad SMARTS) is 1. The second kappa shape index (κ2) is 5.58. The van der Waals surface area contributed by atoms with Crippen LogP contribution in [0.4, 0.5) is 0 Å². The summed E-state index contributed by atoms with van der Waals surface area (Å²) in [6.45, 7) is 0. The molecule has 0 radical (unpaired) electrons. The van der Waals surface area contributed by atoms with E-state index in [-0.39, 0.29) is 5.56 Å². The van der Waals surface area contributed by atoms with Crippen LogP contribution in [0, 0.1) is 0 Å². The summed E-state index contributed by atoms with van der Waals surface area (Å²) in [6.07, 6.45) is 0. The summed E-state index contributed by atoms with van der Waals surface area (Å²) < 4.78 is 5.84. The van der Waals surface area contributed by atoms with Crippen molar-refractivity contribution in [3.8, 4) is 22.7 Å². The minimum Gasteiger partial charge on any atom is -0.478 e. The number of aromatic nitrogens is 1. The fourth-order valence-electron chi connectivity index (χ4n) is 2.66. The monoisotopic (exact) mass is 337 g/mol. The van der Waals surface area contributed by atoms with Gasteiger partial charge >= 0.3 is 5.97 Å². The number of halogens is 1. The van der Waals surface area contributed by atoms with Crippen LogP contribution in [0.15, 0.2) is 65.1 Å². The number of carbonyl (C=O) groups is 1. The molecule has 0 amide bonds. The molecular weight excluding hydrogens is 326 g/mol. The molecule has 5 heteroatoms. The average Bonchev–Trinajstić information content (AvgIpc) is 3.22. The lowest BCUT2D eigenvalue weighted by molar-refractivity contribution is 0.0697. The molecule has 0 saturated heterocycles. The summed E-state index contributed by atoms with van der Waals surface area (Å²) in [5.74, 6) is -0.237. The Balaban J connectivity index is 1.71. The van der Waals surface area contributed by atoms with Crippen LogP contribution >= 0.6 is 11.6 Å². The van der Waals surface area contributed by atoms with Crippen molar-refractivity contribution in [1.82, 2.24) is 4.98 Å². The number of rotatable bonds is 3. The Morgan fingerprint density at radius 3 is 2.46 bits per heavy atom. The molecule has 4 rings (SSSR count). The van der Waals surface area contributed by atoms with Crippen molar-refractivity contribution in [2.45, 2.75) is 0 Å². The van der Waals surface area contributed by atoms with Gasteiger partial charge in [-0.25, -0.2) is 4.79 Å². The van der Waals surface area contributed by atoms with E-state index in [9.17, 15) is 4.79 Å². The van der Waals surface area contributed by atoms with E-state index in [1.165, 1.54) is 0 Å². The smallest absolute Gasteiger partial charge is 0.335 e. The number of furan rings is 1. The highest BCUT2D eigenvalue weighted by Gasteiger charge is 2.11. The van der Waals surface area contributed by atoms with Crippen molar-refractivity contribution in [3.63, 3.8) is 0 Å². The number of H-pyrrole nitrogens is 1. The molecule has 4 nitrogen and oxygen atoms in total. The van der Waals surface area contributed by atoms with Crippen LogP contribution in [0.25, 0.3) is 33.7 Å². The molecular formula is C19H12ClNO3. The molecule has 0 unspecified atom stereocenters. The van der Waals surface area contributed by atoms with Crippen LogP contribution in [0.2, 0.25) is 5.02 Å². The second-order valence-corrected chi connectivity index (χ2v) is 5.84. The largest absolute Gasteiger partial charge is 0.478 e. The number of nitrogens with one attached hydrogen (secondary N) is 1. The summed E-state index contributed by atoms with van der Waals surface area (Å²) in [5.41, 5.74) is 3.54. The van der Waals surface area contributed by atoms with E-state index in [0.717, 1.165) is 22.3 Å². The molecule has 2 N–H and O–H groups in total. The van der Waals surface area contributed by atoms with Gasteiger partial charge in [0.25, 0.3) is 0 Å². The van der Waals surface area contributed by atoms with Crippen molar-refractivity contribution >= 4 is 28.5 Å². The van der Waals surface area contributed by atoms with Crippen LogP contribution in [-0.2, 0) is 0 Å². The number of aromatic amines is 1. The molecule has 0 fully saturated rings. The third-order valence-corrected chi connectivity index (χ3v) is 4.19. The first-order chi connectivity index (χ1) is 11.6. The van der Waals surface area contributed by atoms with Gasteiger partial charge in [0.2, 0.25) is 0 Å². The van der Waals surface area contributed by atoms with Crippen LogP contribution in [-0.4, -0.2) is 16.1 Å². The SMILES string of the molecule is O=C(O)c1ccc(-c2ccc(-c3cc4cccc(Cl)c4o3)[nH]2)cc1. The first-order valence-electron chi connectivity index (χ1n) is 7.33. The Kier molecular flexibility index (Phi) is 3.40. The maximum atomic E-state index is 10.9. The Morgan fingerprint density at radius 2 is 1.75 bits per heavy atom. The number of fused-ring (bicyclic) bond motifs is 1. The molecule has 0 bridgehead atoms. The summed E-state index contributed by atoms with van der Waals surface area (Å²) in [5, 5.41) is 10.5. The lowest BCUT2D eigenvalue weighted by Crippen LogP contribution is -1.94. The van der Waals surface area contributed by atoms with Gasteiger partial charge in [-0.2, -0.15) is 0 Å². The van der Waals surface area contributed by atoms with Crippen molar-refractivity contribution in [1.29, 1.82) is 0 Å². The molecule has 0 atom stereocenters. The van der Waals surface area contributed by atoms with Gasteiger partial charge in [-0.05, 0) is 42.0 Å². The zero-order valence-electron chi connectivity index (χ0n) is 12.4. The van der Waals surface area contributed by atoms with Gasteiger partial charge in [0.1, 0.15) is 0 Å². The Hall–Kier alpha value is -2.98. The molecule has 2 heterocycles. The quantitative estimate of drug-likeness (QED) is 0.522. The van der Waals surface area contributed by atoms with Crippen molar-refractivity contribution < 1.29 is 14.3 Å². The van der Waals surface area contributed by atoms with E-state index in [2.05, 4.69) is 4.98 Å². The fourth-order valence-corrected chi connectivity index (χ4v) is 2.88. The summed E-state index contributed by atoms with van der Waals surface area (Å²) in [4.78, 5) is 14.2. The lowest BCUT2D eigenvalue weighted by atomic mass is 10.1. The van der Waals surface area contributed by atoms with Crippen LogP contribution < -0.4 is 0 Å². The summed E-state index contributed by atoms with van der Waals surface area (Å²) in [7, 11) is 0. The maximum absolute atomic E-state index is 10.9. The highest BCUT2D eigenvalue weighted by atomic mass is 35.5. The zero-order chi connectivity index (χ0) is 16.7. The van der Waals surface area contributed by atoms with Crippen molar-refractivity contribution in [3.05, 3.63) is 71.2 Å². The normalized spacial score (nSPS) is 11.0. The molecule has 0 aliphatic rings. The number of para-hydroxylation sites is 1. The highest BCUT2D eigenvalue weighted by molar-refractivity contribution is 6.34. The van der Waals surface area contributed by atoms with E-state index in [4.69, 9.17) is 21.1 Å². The third-order valence-electron chi connectivity index (χ3n) is 3.89. The van der Waals surface area contributed by atoms with Gasteiger partial charge < -0.3 is 14.5 Å². The summed E-state index contributed by atoms with van der Waals surface area (Å²) >= 11 is 6.15. The van der Waals surface area contributed by atoms with Gasteiger partial charge in [0, 0.05) is 11.1 Å². The van der Waals surface area contributed by atoms with E-state index in [1.807, 2.05) is 30.3 Å². The lowest BCUT2D eigenvalue weighted by Gasteiger charge is -1.99. The molecule has 2 aromatic heterocycles. The van der Waals surface area contributed by atoms with Gasteiger partial charge in [-0.15, -0.1) is 0 Å². The Labute approximate surface area is 142 Å². The van der Waals surface area contributed by atoms with Crippen molar-refractivity contribution in [2.75, 3.05) is 0 Å². The van der Waals surface area contributed by atoms with E-state index >= 15 is 0 Å². The molecule has 118 valence electrons. The molecule has 2 aromatic carbocycles. The van der Waals surface area contributed by atoms with Crippen molar-refractivity contribution in [2.24, 2.45) is 0 Å². The fraction of sp³-hybridized carbons (Fsp3) is 0. The predicted octanol–water partition coefficient (Wildman–Crippen LogP) is 5.45. The third kappa shape index (κ3) is 2.47. The van der Waals surface area contributed by atoms with E-state index in [1.54, 1.807) is 30.3 Å². The topological polar surface area (TPSA) is 66.2 Å². The number of hydrogen-bond donors (Lipinski definition) is 2. The molecule has 24 heavy (non-hydrogen) atoms.